The van der Waals surface area contributed by atoms with Crippen molar-refractivity contribution >= 4 is 22.5 Å². The van der Waals surface area contributed by atoms with E-state index in [2.05, 4.69) is 20.8 Å². The van der Waals surface area contributed by atoms with Crippen LogP contribution in [0.3, 0.4) is 0 Å². The SMILES string of the molecule is CN(C)C(CNC(=O)Nc1nnc(C2CCCCC2)s1)c1ccc(F)cc1. The molecule has 0 spiro atoms. The quantitative estimate of drug-likeness (QED) is 0.776. The van der Waals surface area contributed by atoms with Gasteiger partial charge in [-0.15, -0.1) is 10.2 Å². The molecule has 1 atom stereocenters. The summed E-state index contributed by atoms with van der Waals surface area (Å²) in [6.45, 7) is 0.402. The molecule has 0 bridgehead atoms. The summed E-state index contributed by atoms with van der Waals surface area (Å²) < 4.78 is 13.1. The van der Waals surface area contributed by atoms with E-state index < -0.39 is 0 Å². The van der Waals surface area contributed by atoms with Crippen LogP contribution >= 0.6 is 11.3 Å². The third kappa shape index (κ3) is 5.46. The zero-order chi connectivity index (χ0) is 19.2. The number of nitrogens with one attached hydrogen (secondary N) is 2. The Balaban J connectivity index is 1.53. The predicted molar refractivity (Wildman–Crippen MR) is 106 cm³/mol. The molecule has 1 unspecified atom stereocenters. The summed E-state index contributed by atoms with van der Waals surface area (Å²) in [5.74, 6) is 0.207. The first-order valence-corrected chi connectivity index (χ1v) is 10.1. The fourth-order valence-electron chi connectivity index (χ4n) is 3.41. The molecule has 146 valence electrons. The second kappa shape index (κ2) is 9.23. The minimum atomic E-state index is -0.310. The molecular weight excluding hydrogens is 365 g/mol. The van der Waals surface area contributed by atoms with Crippen molar-refractivity contribution in [3.05, 3.63) is 40.7 Å². The van der Waals surface area contributed by atoms with Gasteiger partial charge >= 0.3 is 6.03 Å². The van der Waals surface area contributed by atoms with Crippen molar-refractivity contribution < 1.29 is 9.18 Å². The van der Waals surface area contributed by atoms with Gasteiger partial charge in [0.05, 0.1) is 6.04 Å². The van der Waals surface area contributed by atoms with Gasteiger partial charge in [-0.05, 0) is 44.6 Å². The van der Waals surface area contributed by atoms with E-state index in [1.807, 2.05) is 19.0 Å². The summed E-state index contributed by atoms with van der Waals surface area (Å²) in [6.07, 6.45) is 6.08. The molecule has 1 heterocycles. The van der Waals surface area contributed by atoms with Gasteiger partial charge in [0.15, 0.2) is 0 Å². The number of nitrogens with zero attached hydrogens (tertiary/aromatic N) is 3. The average Bonchev–Trinajstić information content (AvgIpc) is 3.12. The highest BCUT2D eigenvalue weighted by Gasteiger charge is 2.20. The molecule has 1 aromatic heterocycles. The van der Waals surface area contributed by atoms with Gasteiger partial charge < -0.3 is 10.2 Å². The molecule has 0 saturated heterocycles. The van der Waals surface area contributed by atoms with Gasteiger partial charge in [-0.2, -0.15) is 0 Å². The maximum atomic E-state index is 13.1. The Morgan fingerprint density at radius 3 is 2.59 bits per heavy atom. The molecule has 2 aromatic rings. The van der Waals surface area contributed by atoms with Gasteiger partial charge in [0.25, 0.3) is 0 Å². The van der Waals surface area contributed by atoms with Crippen LogP contribution in [-0.2, 0) is 0 Å². The molecule has 3 rings (SSSR count). The molecule has 2 amide bonds. The Morgan fingerprint density at radius 1 is 1.22 bits per heavy atom. The maximum Gasteiger partial charge on any atom is 0.321 e. The Kier molecular flexibility index (Phi) is 6.73. The number of carbonyl (C=O) groups excluding carboxylic acids is 1. The number of likely N-dealkylation sites (N-methyl/N-ethyl adjacent to an activating group) is 1. The molecule has 1 aliphatic carbocycles. The molecule has 27 heavy (non-hydrogen) atoms. The molecule has 0 aliphatic heterocycles. The molecule has 1 fully saturated rings. The van der Waals surface area contributed by atoms with E-state index in [4.69, 9.17) is 0 Å². The minimum Gasteiger partial charge on any atom is -0.336 e. The highest BCUT2D eigenvalue weighted by molar-refractivity contribution is 7.15. The first-order chi connectivity index (χ1) is 13.0. The number of amides is 2. The zero-order valence-corrected chi connectivity index (χ0v) is 16.6. The number of urea groups is 1. The number of carbonyl (C=O) groups is 1. The lowest BCUT2D eigenvalue weighted by Gasteiger charge is -2.25. The first kappa shape index (κ1) is 19.7. The van der Waals surface area contributed by atoms with Gasteiger partial charge in [-0.25, -0.2) is 9.18 Å². The van der Waals surface area contributed by atoms with Crippen molar-refractivity contribution in [1.29, 1.82) is 0 Å². The van der Waals surface area contributed by atoms with Gasteiger partial charge in [0.2, 0.25) is 5.13 Å². The Hall–Kier alpha value is -2.06. The van der Waals surface area contributed by atoms with E-state index in [1.54, 1.807) is 12.1 Å². The second-order valence-electron chi connectivity index (χ2n) is 7.15. The summed E-state index contributed by atoms with van der Waals surface area (Å²) in [7, 11) is 3.85. The van der Waals surface area contributed by atoms with Crippen LogP contribution < -0.4 is 10.6 Å². The summed E-state index contributed by atoms with van der Waals surface area (Å²) in [5.41, 5.74) is 0.942. The Labute approximate surface area is 163 Å². The summed E-state index contributed by atoms with van der Waals surface area (Å²) in [4.78, 5) is 14.2. The monoisotopic (exact) mass is 391 g/mol. The van der Waals surface area contributed by atoms with E-state index in [9.17, 15) is 9.18 Å². The van der Waals surface area contributed by atoms with E-state index in [0.29, 0.717) is 17.6 Å². The largest absolute Gasteiger partial charge is 0.336 e. The topological polar surface area (TPSA) is 70.2 Å². The molecule has 1 aromatic carbocycles. The predicted octanol–water partition coefficient (Wildman–Crippen LogP) is 4.15. The van der Waals surface area contributed by atoms with Crippen LogP contribution in [0.15, 0.2) is 24.3 Å². The normalized spacial score (nSPS) is 16.3. The van der Waals surface area contributed by atoms with Crippen molar-refractivity contribution in [1.82, 2.24) is 20.4 Å². The fraction of sp³-hybridized carbons (Fsp3) is 0.526. The third-order valence-electron chi connectivity index (χ3n) is 4.95. The molecule has 1 saturated carbocycles. The first-order valence-electron chi connectivity index (χ1n) is 9.33. The smallest absolute Gasteiger partial charge is 0.321 e. The van der Waals surface area contributed by atoms with Crippen molar-refractivity contribution in [2.45, 2.75) is 44.1 Å². The van der Waals surface area contributed by atoms with Crippen LogP contribution in [0.2, 0.25) is 0 Å². The number of hydrogen-bond acceptors (Lipinski definition) is 5. The zero-order valence-electron chi connectivity index (χ0n) is 15.7. The lowest BCUT2D eigenvalue weighted by molar-refractivity contribution is 0.243. The van der Waals surface area contributed by atoms with E-state index >= 15 is 0 Å². The van der Waals surface area contributed by atoms with Crippen LogP contribution in [0.4, 0.5) is 14.3 Å². The van der Waals surface area contributed by atoms with Crippen LogP contribution in [0, 0.1) is 5.82 Å². The standard InChI is InChI=1S/C19H26FN5OS/c1-25(2)16(13-8-10-15(20)11-9-13)12-21-18(26)22-19-24-23-17(27-19)14-6-4-3-5-7-14/h8-11,14,16H,3-7,12H2,1-2H3,(H2,21,22,24,26). The van der Waals surface area contributed by atoms with Gasteiger partial charge in [-0.1, -0.05) is 42.7 Å². The molecule has 0 radical (unpaired) electrons. The number of aromatic nitrogens is 2. The lowest BCUT2D eigenvalue weighted by atomic mass is 9.90. The van der Waals surface area contributed by atoms with Crippen molar-refractivity contribution in [3.8, 4) is 0 Å². The van der Waals surface area contributed by atoms with E-state index in [1.165, 1.54) is 42.7 Å². The number of rotatable bonds is 6. The highest BCUT2D eigenvalue weighted by Crippen LogP contribution is 2.35. The van der Waals surface area contributed by atoms with E-state index in [0.717, 1.165) is 23.4 Å². The Bertz CT molecular complexity index is 743. The third-order valence-corrected chi connectivity index (χ3v) is 5.95. The van der Waals surface area contributed by atoms with Gasteiger partial charge in [-0.3, -0.25) is 5.32 Å². The molecular formula is C19H26FN5OS. The van der Waals surface area contributed by atoms with Crippen molar-refractivity contribution in [2.75, 3.05) is 26.0 Å². The number of benzene rings is 1. The molecule has 2 N–H and O–H groups in total. The molecule has 6 nitrogen and oxygen atoms in total. The van der Waals surface area contributed by atoms with E-state index in [-0.39, 0.29) is 17.9 Å². The van der Waals surface area contributed by atoms with Crippen LogP contribution in [0.1, 0.15) is 54.6 Å². The van der Waals surface area contributed by atoms with Crippen LogP contribution in [0.5, 0.6) is 0 Å². The van der Waals surface area contributed by atoms with Crippen LogP contribution in [0.25, 0.3) is 0 Å². The number of hydrogen-bond donors (Lipinski definition) is 2. The summed E-state index contributed by atoms with van der Waals surface area (Å²) in [6, 6.07) is 5.97. The maximum absolute atomic E-state index is 13.1. The van der Waals surface area contributed by atoms with Gasteiger partial charge in [0.1, 0.15) is 10.8 Å². The summed E-state index contributed by atoms with van der Waals surface area (Å²) in [5, 5.41) is 15.5. The molecule has 8 heteroatoms. The van der Waals surface area contributed by atoms with Crippen LogP contribution in [-0.4, -0.2) is 41.8 Å². The van der Waals surface area contributed by atoms with Gasteiger partial charge in [0, 0.05) is 12.5 Å². The molecule has 1 aliphatic rings. The average molecular weight is 392 g/mol. The van der Waals surface area contributed by atoms with Crippen molar-refractivity contribution in [3.63, 3.8) is 0 Å². The Morgan fingerprint density at radius 2 is 1.93 bits per heavy atom. The number of halogens is 1. The van der Waals surface area contributed by atoms with Crippen molar-refractivity contribution in [2.24, 2.45) is 0 Å². The highest BCUT2D eigenvalue weighted by atomic mass is 32.1. The fourth-order valence-corrected chi connectivity index (χ4v) is 4.32. The number of anilines is 1. The summed E-state index contributed by atoms with van der Waals surface area (Å²) >= 11 is 1.46. The lowest BCUT2D eigenvalue weighted by Crippen LogP contribution is -2.36. The second-order valence-corrected chi connectivity index (χ2v) is 8.16. The minimum absolute atomic E-state index is 0.0523.